The molecule has 22 heavy (non-hydrogen) atoms. The number of carbonyl (C=O) groups excluding carboxylic acids is 1. The summed E-state index contributed by atoms with van der Waals surface area (Å²) in [6.07, 6.45) is 0. The zero-order valence-corrected chi connectivity index (χ0v) is 12.8. The van der Waals surface area contributed by atoms with Gasteiger partial charge in [0, 0.05) is 16.6 Å². The number of benzene rings is 2. The second-order valence-electron chi connectivity index (χ2n) is 4.58. The highest BCUT2D eigenvalue weighted by Gasteiger charge is 2.14. The molecule has 1 aliphatic heterocycles. The van der Waals surface area contributed by atoms with E-state index in [-0.39, 0.29) is 12.7 Å². The predicted molar refractivity (Wildman–Crippen MR) is 84.9 cm³/mol. The molecule has 5 nitrogen and oxygen atoms in total. The minimum Gasteiger partial charge on any atom is -0.497 e. The first-order valence-electron chi connectivity index (χ1n) is 6.71. The average molecular weight is 317 g/mol. The van der Waals surface area contributed by atoms with Crippen molar-refractivity contribution in [1.82, 2.24) is 0 Å². The van der Waals surface area contributed by atoms with Crippen LogP contribution in [0.3, 0.4) is 0 Å². The van der Waals surface area contributed by atoms with Gasteiger partial charge in [-0.15, -0.1) is 11.8 Å². The Morgan fingerprint density at radius 2 is 1.95 bits per heavy atom. The van der Waals surface area contributed by atoms with Crippen LogP contribution in [0.25, 0.3) is 0 Å². The molecule has 0 radical (unpaired) electrons. The maximum Gasteiger partial charge on any atom is 0.234 e. The Bertz CT molecular complexity index is 672. The number of fused-ring (bicyclic) bond motifs is 1. The van der Waals surface area contributed by atoms with Crippen molar-refractivity contribution in [2.75, 3.05) is 25.0 Å². The van der Waals surface area contributed by atoms with E-state index < -0.39 is 0 Å². The Balaban J connectivity index is 1.53. The summed E-state index contributed by atoms with van der Waals surface area (Å²) in [4.78, 5) is 13.0. The molecule has 0 atom stereocenters. The Kier molecular flexibility index (Phi) is 4.39. The molecule has 2 aromatic rings. The van der Waals surface area contributed by atoms with Crippen LogP contribution in [0, 0.1) is 0 Å². The van der Waals surface area contributed by atoms with E-state index in [0.717, 1.165) is 10.6 Å². The molecule has 0 aliphatic carbocycles. The number of amides is 1. The van der Waals surface area contributed by atoms with Crippen LogP contribution >= 0.6 is 11.8 Å². The molecule has 0 spiro atoms. The largest absolute Gasteiger partial charge is 0.497 e. The number of methoxy groups -OCH3 is 1. The first-order chi connectivity index (χ1) is 10.7. The van der Waals surface area contributed by atoms with Crippen molar-refractivity contribution in [2.24, 2.45) is 0 Å². The number of carbonyl (C=O) groups is 1. The first kappa shape index (κ1) is 14.6. The van der Waals surface area contributed by atoms with Gasteiger partial charge in [0.05, 0.1) is 12.9 Å². The maximum atomic E-state index is 12.0. The number of hydrogen-bond acceptors (Lipinski definition) is 5. The van der Waals surface area contributed by atoms with Crippen molar-refractivity contribution in [2.45, 2.75) is 4.90 Å². The van der Waals surface area contributed by atoms with E-state index in [1.807, 2.05) is 24.3 Å². The molecule has 0 unspecified atom stereocenters. The summed E-state index contributed by atoms with van der Waals surface area (Å²) >= 11 is 1.47. The summed E-state index contributed by atoms with van der Waals surface area (Å²) in [5.74, 6) is 2.42. The van der Waals surface area contributed by atoms with E-state index in [9.17, 15) is 4.79 Å². The molecule has 114 valence electrons. The summed E-state index contributed by atoms with van der Waals surface area (Å²) in [7, 11) is 1.63. The molecule has 1 heterocycles. The lowest BCUT2D eigenvalue weighted by Gasteiger charge is -2.06. The van der Waals surface area contributed by atoms with Gasteiger partial charge in [-0.1, -0.05) is 0 Å². The van der Waals surface area contributed by atoms with Gasteiger partial charge in [0.1, 0.15) is 5.75 Å². The van der Waals surface area contributed by atoms with Crippen LogP contribution in [-0.2, 0) is 4.79 Å². The van der Waals surface area contributed by atoms with E-state index in [2.05, 4.69) is 5.32 Å². The van der Waals surface area contributed by atoms with Crippen molar-refractivity contribution in [3.8, 4) is 17.2 Å². The van der Waals surface area contributed by atoms with Crippen LogP contribution in [0.15, 0.2) is 47.4 Å². The number of ether oxygens (including phenoxy) is 3. The molecule has 1 amide bonds. The molecule has 1 aliphatic rings. The predicted octanol–water partition coefficient (Wildman–Crippen LogP) is 3.15. The Morgan fingerprint density at radius 3 is 2.73 bits per heavy atom. The Hall–Kier alpha value is -2.34. The zero-order chi connectivity index (χ0) is 15.4. The van der Waals surface area contributed by atoms with Gasteiger partial charge in [0.25, 0.3) is 0 Å². The summed E-state index contributed by atoms with van der Waals surface area (Å²) in [6.45, 7) is 0.222. The highest BCUT2D eigenvalue weighted by molar-refractivity contribution is 8.00. The fourth-order valence-electron chi connectivity index (χ4n) is 1.99. The van der Waals surface area contributed by atoms with Crippen LogP contribution in [0.2, 0.25) is 0 Å². The molecular weight excluding hydrogens is 302 g/mol. The number of hydrogen-bond donors (Lipinski definition) is 1. The monoisotopic (exact) mass is 317 g/mol. The molecule has 0 fully saturated rings. The van der Waals surface area contributed by atoms with Gasteiger partial charge in [-0.3, -0.25) is 4.79 Å². The van der Waals surface area contributed by atoms with Crippen molar-refractivity contribution >= 4 is 23.4 Å². The second-order valence-corrected chi connectivity index (χ2v) is 5.63. The van der Waals surface area contributed by atoms with Crippen molar-refractivity contribution in [1.29, 1.82) is 0 Å². The summed E-state index contributed by atoms with van der Waals surface area (Å²) < 4.78 is 15.6. The molecule has 0 aromatic heterocycles. The molecule has 6 heteroatoms. The molecule has 1 N–H and O–H groups in total. The van der Waals surface area contributed by atoms with Gasteiger partial charge in [0.15, 0.2) is 11.5 Å². The fourth-order valence-corrected chi connectivity index (χ4v) is 2.69. The van der Waals surface area contributed by atoms with E-state index in [4.69, 9.17) is 14.2 Å². The van der Waals surface area contributed by atoms with Crippen LogP contribution in [0.1, 0.15) is 0 Å². The third kappa shape index (κ3) is 3.46. The molecule has 0 saturated heterocycles. The lowest BCUT2D eigenvalue weighted by atomic mass is 10.3. The lowest BCUT2D eigenvalue weighted by molar-refractivity contribution is -0.113. The number of rotatable bonds is 5. The summed E-state index contributed by atoms with van der Waals surface area (Å²) in [6, 6.07) is 12.9. The van der Waals surface area contributed by atoms with Crippen LogP contribution < -0.4 is 19.5 Å². The van der Waals surface area contributed by atoms with Crippen LogP contribution in [0.5, 0.6) is 17.2 Å². The van der Waals surface area contributed by atoms with Gasteiger partial charge >= 0.3 is 0 Å². The topological polar surface area (TPSA) is 56.8 Å². The standard InChI is InChI=1S/C16H15NO4S/c1-19-12-3-5-13(6-4-12)22-9-16(18)17-11-2-7-14-15(8-11)21-10-20-14/h2-8H,9-10H2,1H3,(H,17,18). The van der Waals surface area contributed by atoms with Crippen molar-refractivity contribution < 1.29 is 19.0 Å². The highest BCUT2D eigenvalue weighted by atomic mass is 32.2. The van der Waals surface area contributed by atoms with Gasteiger partial charge in [-0.25, -0.2) is 0 Å². The first-order valence-corrected chi connectivity index (χ1v) is 7.69. The molecular formula is C16H15NO4S. The smallest absolute Gasteiger partial charge is 0.234 e. The van der Waals surface area contributed by atoms with E-state index in [0.29, 0.717) is 22.9 Å². The van der Waals surface area contributed by atoms with Gasteiger partial charge in [0.2, 0.25) is 12.7 Å². The molecule has 0 bridgehead atoms. The third-order valence-electron chi connectivity index (χ3n) is 3.09. The van der Waals surface area contributed by atoms with E-state index >= 15 is 0 Å². The van der Waals surface area contributed by atoms with Crippen molar-refractivity contribution in [3.05, 3.63) is 42.5 Å². The quantitative estimate of drug-likeness (QED) is 0.859. The van der Waals surface area contributed by atoms with E-state index in [1.54, 1.807) is 25.3 Å². The normalized spacial score (nSPS) is 12.0. The lowest BCUT2D eigenvalue weighted by Crippen LogP contribution is -2.13. The SMILES string of the molecule is COc1ccc(SCC(=O)Nc2ccc3c(c2)OCO3)cc1. The summed E-state index contributed by atoms with van der Waals surface area (Å²) in [5.41, 5.74) is 0.699. The third-order valence-corrected chi connectivity index (χ3v) is 4.10. The average Bonchev–Trinajstić information content (AvgIpc) is 3.01. The second kappa shape index (κ2) is 6.62. The van der Waals surface area contributed by atoms with Crippen molar-refractivity contribution in [3.63, 3.8) is 0 Å². The van der Waals surface area contributed by atoms with Gasteiger partial charge in [-0.2, -0.15) is 0 Å². The maximum absolute atomic E-state index is 12.0. The molecule has 2 aromatic carbocycles. The molecule has 0 saturated carbocycles. The van der Waals surface area contributed by atoms with Crippen LogP contribution in [0.4, 0.5) is 5.69 Å². The van der Waals surface area contributed by atoms with E-state index in [1.165, 1.54) is 11.8 Å². The Labute approximate surface area is 132 Å². The molecule has 3 rings (SSSR count). The highest BCUT2D eigenvalue weighted by Crippen LogP contribution is 2.34. The summed E-state index contributed by atoms with van der Waals surface area (Å²) in [5, 5.41) is 2.84. The minimum atomic E-state index is -0.0697. The van der Waals surface area contributed by atoms with Gasteiger partial charge in [-0.05, 0) is 36.4 Å². The van der Waals surface area contributed by atoms with Crippen LogP contribution in [-0.4, -0.2) is 25.6 Å². The minimum absolute atomic E-state index is 0.0697. The number of nitrogens with one attached hydrogen (secondary N) is 1. The Morgan fingerprint density at radius 1 is 1.18 bits per heavy atom. The zero-order valence-electron chi connectivity index (χ0n) is 12.0. The number of anilines is 1. The van der Waals surface area contributed by atoms with Gasteiger partial charge < -0.3 is 19.5 Å². The fraction of sp³-hybridized carbons (Fsp3) is 0.188. The number of thioether (sulfide) groups is 1.